The summed E-state index contributed by atoms with van der Waals surface area (Å²) in [6.45, 7) is 5.93. The molecule has 0 spiro atoms. The van der Waals surface area contributed by atoms with Gasteiger partial charge in [0.05, 0.1) is 0 Å². The Hall–Kier alpha value is -2.03. The normalized spacial score (nSPS) is 12.4. The Morgan fingerprint density at radius 2 is 1.76 bits per heavy atom. The molecule has 1 unspecified atom stereocenters. The zero-order chi connectivity index (χ0) is 15.2. The predicted molar refractivity (Wildman–Crippen MR) is 86.6 cm³/mol. The van der Waals surface area contributed by atoms with Gasteiger partial charge in [0.15, 0.2) is 6.10 Å². The lowest BCUT2D eigenvalue weighted by atomic mass is 10.1. The van der Waals surface area contributed by atoms with E-state index in [0.717, 1.165) is 24.0 Å². The largest absolute Gasteiger partial charge is 0.481 e. The molecule has 2 aromatic rings. The average Bonchev–Trinajstić information content (AvgIpc) is 2.52. The molecular formula is C18H23NO2. The van der Waals surface area contributed by atoms with Gasteiger partial charge in [-0.2, -0.15) is 0 Å². The van der Waals surface area contributed by atoms with Crippen molar-refractivity contribution in [2.45, 2.75) is 45.8 Å². The van der Waals surface area contributed by atoms with Crippen LogP contribution in [0.2, 0.25) is 0 Å². The summed E-state index contributed by atoms with van der Waals surface area (Å²) in [7, 11) is 0. The molecule has 2 rings (SSSR count). The number of hydrogen-bond donors (Lipinski definition) is 1. The molecule has 3 heteroatoms. The van der Waals surface area contributed by atoms with Gasteiger partial charge in [0.1, 0.15) is 5.75 Å². The first-order valence-corrected chi connectivity index (χ1v) is 7.59. The van der Waals surface area contributed by atoms with Crippen LogP contribution in [0.25, 0.3) is 10.8 Å². The molecule has 1 N–H and O–H groups in total. The molecule has 0 heterocycles. The topological polar surface area (TPSA) is 38.3 Å². The Morgan fingerprint density at radius 1 is 1.10 bits per heavy atom. The van der Waals surface area contributed by atoms with E-state index >= 15 is 0 Å². The smallest absolute Gasteiger partial charge is 0.260 e. The number of amides is 1. The van der Waals surface area contributed by atoms with Crippen LogP contribution in [0.3, 0.4) is 0 Å². The summed E-state index contributed by atoms with van der Waals surface area (Å²) in [5, 5.41) is 5.29. The van der Waals surface area contributed by atoms with Crippen molar-refractivity contribution in [1.82, 2.24) is 5.32 Å². The number of fused-ring (bicyclic) bond motifs is 1. The van der Waals surface area contributed by atoms with Crippen molar-refractivity contribution in [3.8, 4) is 5.75 Å². The first-order valence-electron chi connectivity index (χ1n) is 7.59. The fourth-order valence-corrected chi connectivity index (χ4v) is 2.31. The van der Waals surface area contributed by atoms with Gasteiger partial charge < -0.3 is 10.1 Å². The van der Waals surface area contributed by atoms with Gasteiger partial charge in [-0.1, -0.05) is 44.2 Å². The van der Waals surface area contributed by atoms with E-state index in [-0.39, 0.29) is 11.9 Å². The first kappa shape index (κ1) is 15.4. The molecule has 2 aromatic carbocycles. The van der Waals surface area contributed by atoms with Crippen molar-refractivity contribution < 1.29 is 9.53 Å². The summed E-state index contributed by atoms with van der Waals surface area (Å²) in [4.78, 5) is 12.1. The van der Waals surface area contributed by atoms with E-state index in [1.165, 1.54) is 5.39 Å². The van der Waals surface area contributed by atoms with Gasteiger partial charge in [0.2, 0.25) is 0 Å². The Labute approximate surface area is 126 Å². The standard InChI is InChI=1S/C18H23NO2/c1-4-16(5-2)19-18(20)13(3)21-17-11-10-14-8-6-7-9-15(14)12-17/h6-13,16H,4-5H2,1-3H3,(H,19,20). The van der Waals surface area contributed by atoms with Gasteiger partial charge in [-0.15, -0.1) is 0 Å². The molecule has 21 heavy (non-hydrogen) atoms. The monoisotopic (exact) mass is 285 g/mol. The predicted octanol–water partition coefficient (Wildman–Crippen LogP) is 3.91. The number of carbonyl (C=O) groups is 1. The van der Waals surface area contributed by atoms with Crippen LogP contribution in [0, 0.1) is 0 Å². The Morgan fingerprint density at radius 3 is 2.43 bits per heavy atom. The molecule has 0 saturated heterocycles. The van der Waals surface area contributed by atoms with Crippen molar-refractivity contribution in [2.24, 2.45) is 0 Å². The molecule has 0 bridgehead atoms. The number of carbonyl (C=O) groups excluding carboxylic acids is 1. The summed E-state index contributed by atoms with van der Waals surface area (Å²) >= 11 is 0. The van der Waals surface area contributed by atoms with Crippen molar-refractivity contribution in [1.29, 1.82) is 0 Å². The van der Waals surface area contributed by atoms with Crippen LogP contribution in [-0.4, -0.2) is 18.1 Å². The van der Waals surface area contributed by atoms with Crippen LogP contribution >= 0.6 is 0 Å². The maximum absolute atomic E-state index is 12.1. The number of rotatable bonds is 6. The van der Waals surface area contributed by atoms with E-state index in [1.807, 2.05) is 36.4 Å². The van der Waals surface area contributed by atoms with Crippen molar-refractivity contribution >= 4 is 16.7 Å². The Bertz CT molecular complexity index is 605. The molecule has 0 fully saturated rings. The van der Waals surface area contributed by atoms with Gasteiger partial charge in [-0.05, 0) is 42.7 Å². The lowest BCUT2D eigenvalue weighted by molar-refractivity contribution is -0.128. The number of hydrogen-bond acceptors (Lipinski definition) is 2. The van der Waals surface area contributed by atoms with E-state index in [0.29, 0.717) is 0 Å². The second-order valence-corrected chi connectivity index (χ2v) is 5.29. The van der Waals surface area contributed by atoms with E-state index in [1.54, 1.807) is 6.92 Å². The maximum Gasteiger partial charge on any atom is 0.260 e. The third-order valence-corrected chi connectivity index (χ3v) is 3.73. The molecule has 1 atom stereocenters. The fourth-order valence-electron chi connectivity index (χ4n) is 2.31. The van der Waals surface area contributed by atoms with Crippen LogP contribution in [0.15, 0.2) is 42.5 Å². The number of benzene rings is 2. The van der Waals surface area contributed by atoms with E-state index in [2.05, 4.69) is 25.2 Å². The minimum Gasteiger partial charge on any atom is -0.481 e. The van der Waals surface area contributed by atoms with Gasteiger partial charge >= 0.3 is 0 Å². The van der Waals surface area contributed by atoms with E-state index < -0.39 is 6.10 Å². The average molecular weight is 285 g/mol. The molecule has 0 aromatic heterocycles. The third-order valence-electron chi connectivity index (χ3n) is 3.73. The summed E-state index contributed by atoms with van der Waals surface area (Å²) in [5.74, 6) is 0.665. The highest BCUT2D eigenvalue weighted by atomic mass is 16.5. The lowest BCUT2D eigenvalue weighted by Crippen LogP contribution is -2.42. The second-order valence-electron chi connectivity index (χ2n) is 5.29. The maximum atomic E-state index is 12.1. The van der Waals surface area contributed by atoms with Crippen LogP contribution in [0.5, 0.6) is 5.75 Å². The SMILES string of the molecule is CCC(CC)NC(=O)C(C)Oc1ccc2ccccc2c1. The molecule has 0 radical (unpaired) electrons. The lowest BCUT2D eigenvalue weighted by Gasteiger charge is -2.19. The van der Waals surface area contributed by atoms with Crippen molar-refractivity contribution in [2.75, 3.05) is 0 Å². The minimum absolute atomic E-state index is 0.0585. The zero-order valence-corrected chi connectivity index (χ0v) is 12.9. The minimum atomic E-state index is -0.494. The Kier molecular flexibility index (Phi) is 5.20. The van der Waals surface area contributed by atoms with Gasteiger partial charge in [-0.3, -0.25) is 4.79 Å². The summed E-state index contributed by atoms with van der Waals surface area (Å²) in [5.41, 5.74) is 0. The first-order chi connectivity index (χ1) is 10.1. The summed E-state index contributed by atoms with van der Waals surface area (Å²) in [6.07, 6.45) is 1.38. The highest BCUT2D eigenvalue weighted by Gasteiger charge is 2.17. The number of nitrogens with one attached hydrogen (secondary N) is 1. The van der Waals surface area contributed by atoms with E-state index in [9.17, 15) is 4.79 Å². The van der Waals surface area contributed by atoms with Crippen LogP contribution in [-0.2, 0) is 4.79 Å². The van der Waals surface area contributed by atoms with Gasteiger partial charge in [-0.25, -0.2) is 0 Å². The fraction of sp³-hybridized carbons (Fsp3) is 0.389. The van der Waals surface area contributed by atoms with Crippen molar-refractivity contribution in [3.63, 3.8) is 0 Å². The molecule has 0 aliphatic carbocycles. The molecule has 0 aliphatic heterocycles. The second kappa shape index (κ2) is 7.11. The highest BCUT2D eigenvalue weighted by molar-refractivity contribution is 5.84. The van der Waals surface area contributed by atoms with Crippen LogP contribution < -0.4 is 10.1 Å². The molecule has 1 amide bonds. The molecule has 0 aliphatic rings. The molecule has 0 saturated carbocycles. The van der Waals surface area contributed by atoms with E-state index in [4.69, 9.17) is 4.74 Å². The van der Waals surface area contributed by atoms with Crippen molar-refractivity contribution in [3.05, 3.63) is 42.5 Å². The molecular weight excluding hydrogens is 262 g/mol. The quantitative estimate of drug-likeness (QED) is 0.873. The molecule has 112 valence electrons. The van der Waals surface area contributed by atoms with Crippen LogP contribution in [0.1, 0.15) is 33.6 Å². The summed E-state index contributed by atoms with van der Waals surface area (Å²) in [6, 6.07) is 14.2. The summed E-state index contributed by atoms with van der Waals surface area (Å²) < 4.78 is 5.76. The molecule has 3 nitrogen and oxygen atoms in total. The number of ether oxygens (including phenoxy) is 1. The van der Waals surface area contributed by atoms with Gasteiger partial charge in [0.25, 0.3) is 5.91 Å². The third kappa shape index (κ3) is 3.97. The highest BCUT2D eigenvalue weighted by Crippen LogP contribution is 2.21. The zero-order valence-electron chi connectivity index (χ0n) is 12.9. The Balaban J connectivity index is 2.03. The van der Waals surface area contributed by atoms with Gasteiger partial charge in [0, 0.05) is 6.04 Å². The van der Waals surface area contributed by atoms with Crippen LogP contribution in [0.4, 0.5) is 0 Å².